The van der Waals surface area contributed by atoms with Gasteiger partial charge in [0.2, 0.25) is 0 Å². The fourth-order valence-corrected chi connectivity index (χ4v) is 3.75. The van der Waals surface area contributed by atoms with E-state index in [2.05, 4.69) is 0 Å². The Morgan fingerprint density at radius 3 is 2.44 bits per heavy atom. The van der Waals surface area contributed by atoms with E-state index in [0.29, 0.717) is 11.5 Å². The Morgan fingerprint density at radius 1 is 1.00 bits per heavy atom. The highest BCUT2D eigenvalue weighted by Crippen LogP contribution is 2.50. The monoisotopic (exact) mass is 332 g/mol. The first-order valence-electron chi connectivity index (χ1n) is 8.56. The van der Waals surface area contributed by atoms with Crippen LogP contribution >= 0.6 is 0 Å². The maximum absolute atomic E-state index is 13.2. The molecule has 0 saturated heterocycles. The molecule has 0 aliphatic carbocycles. The second-order valence-electron chi connectivity index (χ2n) is 6.58. The summed E-state index contributed by atoms with van der Waals surface area (Å²) < 4.78 is 11.8. The number of esters is 1. The average molecular weight is 332 g/mol. The molecule has 3 nitrogen and oxygen atoms in total. The molecule has 0 fully saturated rings. The lowest BCUT2D eigenvalue weighted by Crippen LogP contribution is -2.36. The maximum Gasteiger partial charge on any atom is 0.334 e. The number of benzene rings is 2. The quantitative estimate of drug-likeness (QED) is 0.515. The van der Waals surface area contributed by atoms with Crippen molar-refractivity contribution in [1.82, 2.24) is 0 Å². The molecule has 0 amide bonds. The van der Waals surface area contributed by atoms with E-state index in [1.807, 2.05) is 75.4 Å². The number of fused-ring (bicyclic) bond motifs is 1. The maximum atomic E-state index is 13.2. The molecule has 1 aliphatic rings. The van der Waals surface area contributed by atoms with Gasteiger partial charge in [0.1, 0.15) is 17.3 Å². The Kier molecular flexibility index (Phi) is 3.53. The highest BCUT2D eigenvalue weighted by atomic mass is 16.5. The van der Waals surface area contributed by atoms with Crippen molar-refractivity contribution in [3.05, 3.63) is 88.4 Å². The molecule has 126 valence electrons. The van der Waals surface area contributed by atoms with Gasteiger partial charge in [-0.15, -0.1) is 0 Å². The largest absolute Gasteiger partial charge is 0.464 e. The molecule has 1 unspecified atom stereocenters. The second-order valence-corrected chi connectivity index (χ2v) is 6.58. The Morgan fingerprint density at radius 2 is 1.76 bits per heavy atom. The van der Waals surface area contributed by atoms with Gasteiger partial charge in [0.05, 0.1) is 0 Å². The Labute approximate surface area is 147 Å². The molecular formula is C22H20O3. The normalized spacial score (nSPS) is 18.9. The lowest BCUT2D eigenvalue weighted by molar-refractivity contribution is -0.136. The molecule has 0 spiro atoms. The van der Waals surface area contributed by atoms with Crippen LogP contribution < -0.4 is 4.74 Å². The number of hydrogen-bond acceptors (Lipinski definition) is 3. The number of hydrogen-bond donors (Lipinski definition) is 0. The first-order chi connectivity index (χ1) is 12.1. The summed E-state index contributed by atoms with van der Waals surface area (Å²) in [7, 11) is 0. The summed E-state index contributed by atoms with van der Waals surface area (Å²) in [6, 6.07) is 17.7. The predicted octanol–water partition coefficient (Wildman–Crippen LogP) is 4.71. The smallest absolute Gasteiger partial charge is 0.334 e. The summed E-state index contributed by atoms with van der Waals surface area (Å²) in [5, 5.41) is 0. The van der Waals surface area contributed by atoms with Gasteiger partial charge in [-0.2, -0.15) is 0 Å². The summed E-state index contributed by atoms with van der Waals surface area (Å²) in [6.45, 7) is 6.04. The third-order valence-electron chi connectivity index (χ3n) is 4.91. The minimum atomic E-state index is -1.05. The van der Waals surface area contributed by atoms with Crippen LogP contribution in [-0.2, 0) is 16.6 Å². The molecule has 3 heteroatoms. The Balaban J connectivity index is 2.09. The van der Waals surface area contributed by atoms with Crippen LogP contribution in [0.2, 0.25) is 0 Å². The van der Waals surface area contributed by atoms with Gasteiger partial charge >= 0.3 is 5.97 Å². The van der Waals surface area contributed by atoms with Crippen molar-refractivity contribution in [3.8, 4) is 5.75 Å². The Hall–Kier alpha value is -2.81. The summed E-state index contributed by atoms with van der Waals surface area (Å²) in [4.78, 5) is 13.2. The van der Waals surface area contributed by atoms with Gasteiger partial charge in [0.25, 0.3) is 0 Å². The van der Waals surface area contributed by atoms with E-state index < -0.39 is 5.41 Å². The predicted molar refractivity (Wildman–Crippen MR) is 96.0 cm³/mol. The molecule has 0 bridgehead atoms. The molecule has 0 N–H and O–H groups in total. The molecule has 4 rings (SSSR count). The van der Waals surface area contributed by atoms with Crippen molar-refractivity contribution in [2.45, 2.75) is 32.6 Å². The molecule has 0 saturated carbocycles. The van der Waals surface area contributed by atoms with E-state index in [9.17, 15) is 4.79 Å². The van der Waals surface area contributed by atoms with Crippen LogP contribution in [0, 0.1) is 13.8 Å². The van der Waals surface area contributed by atoms with Crippen molar-refractivity contribution >= 4 is 5.97 Å². The zero-order valence-corrected chi connectivity index (χ0v) is 14.6. The van der Waals surface area contributed by atoms with E-state index >= 15 is 0 Å². The SMILES string of the molecule is CCc1ccc(C2(c3ccccc3)C(=O)Oc3c(C)cc(C)cc32)o1. The second kappa shape index (κ2) is 5.62. The zero-order valence-electron chi connectivity index (χ0n) is 14.6. The zero-order chi connectivity index (χ0) is 17.6. The van der Waals surface area contributed by atoms with Gasteiger partial charge in [0, 0.05) is 12.0 Å². The third kappa shape index (κ3) is 2.15. The van der Waals surface area contributed by atoms with Gasteiger partial charge in [0.15, 0.2) is 5.41 Å². The summed E-state index contributed by atoms with van der Waals surface area (Å²) in [6.07, 6.45) is 0.777. The molecule has 1 aromatic heterocycles. The van der Waals surface area contributed by atoms with Crippen LogP contribution in [0.5, 0.6) is 5.75 Å². The standard InChI is InChI=1S/C22H20O3/c1-4-17-10-11-19(24-17)22(16-8-6-5-7-9-16)18-13-14(2)12-15(3)20(18)25-21(22)23/h5-13H,4H2,1-3H3. The summed E-state index contributed by atoms with van der Waals surface area (Å²) in [5.41, 5.74) is 2.72. The molecule has 2 heterocycles. The van der Waals surface area contributed by atoms with Crippen LogP contribution in [0.4, 0.5) is 0 Å². The molecule has 2 aromatic carbocycles. The summed E-state index contributed by atoms with van der Waals surface area (Å²) in [5.74, 6) is 1.81. The van der Waals surface area contributed by atoms with Gasteiger partial charge in [-0.25, -0.2) is 4.79 Å². The van der Waals surface area contributed by atoms with Crippen LogP contribution in [-0.4, -0.2) is 5.97 Å². The number of furan rings is 1. The number of aryl methyl sites for hydroxylation is 3. The van der Waals surface area contributed by atoms with Crippen LogP contribution in [0.3, 0.4) is 0 Å². The van der Waals surface area contributed by atoms with E-state index in [1.165, 1.54) is 0 Å². The molecule has 25 heavy (non-hydrogen) atoms. The molecule has 0 radical (unpaired) electrons. The fourth-order valence-electron chi connectivity index (χ4n) is 3.75. The molecular weight excluding hydrogens is 312 g/mol. The fraction of sp³-hybridized carbons (Fsp3) is 0.227. The van der Waals surface area contributed by atoms with Crippen LogP contribution in [0.15, 0.2) is 59.0 Å². The minimum absolute atomic E-state index is 0.306. The Bertz CT molecular complexity index is 953. The topological polar surface area (TPSA) is 39.4 Å². The van der Waals surface area contributed by atoms with Crippen molar-refractivity contribution in [3.63, 3.8) is 0 Å². The molecule has 1 aliphatic heterocycles. The lowest BCUT2D eigenvalue weighted by atomic mass is 9.73. The van der Waals surface area contributed by atoms with Gasteiger partial charge < -0.3 is 9.15 Å². The number of carbonyl (C=O) groups is 1. The highest BCUT2D eigenvalue weighted by molar-refractivity contribution is 5.98. The molecule has 1 atom stereocenters. The number of ether oxygens (including phenoxy) is 1. The van der Waals surface area contributed by atoms with E-state index in [0.717, 1.165) is 34.4 Å². The molecule has 3 aromatic rings. The van der Waals surface area contributed by atoms with Crippen molar-refractivity contribution in [1.29, 1.82) is 0 Å². The van der Waals surface area contributed by atoms with Gasteiger partial charge in [-0.1, -0.05) is 55.0 Å². The van der Waals surface area contributed by atoms with Crippen LogP contribution in [0.1, 0.15) is 40.7 Å². The van der Waals surface area contributed by atoms with Crippen LogP contribution in [0.25, 0.3) is 0 Å². The minimum Gasteiger partial charge on any atom is -0.464 e. The first kappa shape index (κ1) is 15.7. The highest BCUT2D eigenvalue weighted by Gasteiger charge is 2.54. The van der Waals surface area contributed by atoms with E-state index in [4.69, 9.17) is 9.15 Å². The van der Waals surface area contributed by atoms with E-state index in [-0.39, 0.29) is 5.97 Å². The average Bonchev–Trinajstić information content (AvgIpc) is 3.19. The number of rotatable bonds is 3. The van der Waals surface area contributed by atoms with E-state index in [1.54, 1.807) is 0 Å². The van der Waals surface area contributed by atoms with Crippen molar-refractivity contribution in [2.24, 2.45) is 0 Å². The summed E-state index contributed by atoms with van der Waals surface area (Å²) >= 11 is 0. The van der Waals surface area contributed by atoms with Gasteiger partial charge in [-0.3, -0.25) is 0 Å². The lowest BCUT2D eigenvalue weighted by Gasteiger charge is -2.24. The van der Waals surface area contributed by atoms with Crippen molar-refractivity contribution < 1.29 is 13.9 Å². The van der Waals surface area contributed by atoms with Gasteiger partial charge in [-0.05, 0) is 37.1 Å². The number of carbonyl (C=O) groups excluding carboxylic acids is 1. The van der Waals surface area contributed by atoms with Crippen molar-refractivity contribution in [2.75, 3.05) is 0 Å². The third-order valence-corrected chi connectivity index (χ3v) is 4.91. The first-order valence-corrected chi connectivity index (χ1v) is 8.56.